The molecular weight excluding hydrogens is 292 g/mol. The Balaban J connectivity index is 2.39. The number of ether oxygens (including phenoxy) is 1. The number of amides is 1. The quantitative estimate of drug-likeness (QED) is 0.688. The summed E-state index contributed by atoms with van der Waals surface area (Å²) >= 11 is 6.03. The summed E-state index contributed by atoms with van der Waals surface area (Å²) in [5.74, 6) is -0.652. The summed E-state index contributed by atoms with van der Waals surface area (Å²) in [5.41, 5.74) is 1.74. The molecule has 110 valence electrons. The number of methoxy groups -OCH3 is 1. The highest BCUT2D eigenvalue weighted by molar-refractivity contribution is 6.31. The maximum Gasteiger partial charge on any atom is 0.331 e. The van der Waals surface area contributed by atoms with Crippen LogP contribution in [0.15, 0.2) is 36.6 Å². The van der Waals surface area contributed by atoms with Gasteiger partial charge in [0, 0.05) is 24.2 Å². The minimum atomic E-state index is -0.477. The van der Waals surface area contributed by atoms with Crippen LogP contribution in [0.1, 0.15) is 12.5 Å². The van der Waals surface area contributed by atoms with Gasteiger partial charge in [0.15, 0.2) is 0 Å². The number of hydrogen-bond acceptors (Lipinski definition) is 4. The number of anilines is 1. The third-order valence-electron chi connectivity index (χ3n) is 2.95. The number of carbonyl (C=O) groups excluding carboxylic acids is 2. The van der Waals surface area contributed by atoms with E-state index < -0.39 is 12.1 Å². The Bertz CT molecular complexity index is 625. The molecule has 0 aromatic heterocycles. The molecule has 0 radical (unpaired) electrons. The molecule has 1 heterocycles. The number of rotatable bonds is 3. The van der Waals surface area contributed by atoms with Crippen LogP contribution in [0.3, 0.4) is 0 Å². The average Bonchev–Trinajstić information content (AvgIpc) is 2.45. The summed E-state index contributed by atoms with van der Waals surface area (Å²) < 4.78 is 4.59. The maximum absolute atomic E-state index is 11.3. The van der Waals surface area contributed by atoms with Crippen LogP contribution in [0.25, 0.3) is 6.08 Å². The Hall–Kier alpha value is -2.27. The first-order chi connectivity index (χ1) is 10.0. The SMILES string of the molecule is COC(=O)/C=C/N1c2cc(Cl)ccc2C=CC1NC(C)=O. The molecular formula is C15H15ClN2O3. The van der Waals surface area contributed by atoms with E-state index in [9.17, 15) is 9.59 Å². The highest BCUT2D eigenvalue weighted by Gasteiger charge is 2.21. The summed E-state index contributed by atoms with van der Waals surface area (Å²) in [4.78, 5) is 24.4. The molecule has 1 aliphatic heterocycles. The van der Waals surface area contributed by atoms with Gasteiger partial charge >= 0.3 is 5.97 Å². The van der Waals surface area contributed by atoms with Gasteiger partial charge in [-0.2, -0.15) is 0 Å². The van der Waals surface area contributed by atoms with Crippen LogP contribution in [-0.2, 0) is 14.3 Å². The molecule has 5 nitrogen and oxygen atoms in total. The third-order valence-corrected chi connectivity index (χ3v) is 3.19. The van der Waals surface area contributed by atoms with E-state index in [0.717, 1.165) is 11.3 Å². The molecule has 1 amide bonds. The van der Waals surface area contributed by atoms with E-state index in [-0.39, 0.29) is 5.91 Å². The zero-order chi connectivity index (χ0) is 15.4. The van der Waals surface area contributed by atoms with E-state index in [1.54, 1.807) is 23.2 Å². The zero-order valence-electron chi connectivity index (χ0n) is 11.7. The van der Waals surface area contributed by atoms with Crippen molar-refractivity contribution in [2.75, 3.05) is 12.0 Å². The van der Waals surface area contributed by atoms with Gasteiger partial charge in [-0.1, -0.05) is 23.7 Å². The fraction of sp³-hybridized carbons (Fsp3) is 0.200. The Kier molecular flexibility index (Phi) is 4.65. The van der Waals surface area contributed by atoms with Crippen LogP contribution in [0.4, 0.5) is 5.69 Å². The van der Waals surface area contributed by atoms with E-state index in [4.69, 9.17) is 11.6 Å². The van der Waals surface area contributed by atoms with Crippen molar-refractivity contribution in [3.8, 4) is 0 Å². The summed E-state index contributed by atoms with van der Waals surface area (Å²) in [5, 5.41) is 3.36. The Labute approximate surface area is 127 Å². The molecule has 1 N–H and O–H groups in total. The topological polar surface area (TPSA) is 58.6 Å². The second-order valence-electron chi connectivity index (χ2n) is 4.45. The summed E-state index contributed by atoms with van der Waals surface area (Å²) in [6.45, 7) is 1.43. The smallest absolute Gasteiger partial charge is 0.331 e. The van der Waals surface area contributed by atoms with Crippen LogP contribution < -0.4 is 10.2 Å². The second kappa shape index (κ2) is 6.45. The fourth-order valence-electron chi connectivity index (χ4n) is 2.03. The lowest BCUT2D eigenvalue weighted by molar-refractivity contribution is -0.134. The van der Waals surface area contributed by atoms with Gasteiger partial charge in [0.1, 0.15) is 6.17 Å². The number of carbonyl (C=O) groups is 2. The first kappa shape index (κ1) is 15.1. The normalized spacial score (nSPS) is 16.7. The van der Waals surface area contributed by atoms with E-state index in [1.165, 1.54) is 20.1 Å². The third kappa shape index (κ3) is 3.64. The van der Waals surface area contributed by atoms with Crippen molar-refractivity contribution >= 4 is 35.2 Å². The predicted molar refractivity (Wildman–Crippen MR) is 81.7 cm³/mol. The van der Waals surface area contributed by atoms with Gasteiger partial charge in [-0.05, 0) is 23.8 Å². The van der Waals surface area contributed by atoms with Crippen molar-refractivity contribution in [1.29, 1.82) is 0 Å². The van der Waals surface area contributed by atoms with Gasteiger partial charge < -0.3 is 15.0 Å². The second-order valence-corrected chi connectivity index (χ2v) is 4.89. The molecule has 1 aromatic carbocycles. The largest absolute Gasteiger partial charge is 0.466 e. The first-order valence-corrected chi connectivity index (χ1v) is 6.68. The molecule has 1 aliphatic rings. The van der Waals surface area contributed by atoms with Crippen molar-refractivity contribution in [3.05, 3.63) is 47.1 Å². The van der Waals surface area contributed by atoms with Crippen molar-refractivity contribution in [2.24, 2.45) is 0 Å². The molecule has 0 saturated heterocycles. The van der Waals surface area contributed by atoms with Gasteiger partial charge in [-0.3, -0.25) is 4.79 Å². The van der Waals surface area contributed by atoms with Crippen molar-refractivity contribution in [2.45, 2.75) is 13.1 Å². The average molecular weight is 307 g/mol. The van der Waals surface area contributed by atoms with Crippen LogP contribution >= 0.6 is 11.6 Å². The van der Waals surface area contributed by atoms with Crippen LogP contribution in [0, 0.1) is 0 Å². The van der Waals surface area contributed by atoms with Crippen LogP contribution in [0.2, 0.25) is 5.02 Å². The number of halogens is 1. The number of nitrogens with zero attached hydrogens (tertiary/aromatic N) is 1. The molecule has 0 aliphatic carbocycles. The molecule has 21 heavy (non-hydrogen) atoms. The first-order valence-electron chi connectivity index (χ1n) is 6.30. The lowest BCUT2D eigenvalue weighted by Gasteiger charge is -2.33. The summed E-state index contributed by atoms with van der Waals surface area (Å²) in [7, 11) is 1.30. The lowest BCUT2D eigenvalue weighted by atomic mass is 10.1. The Morgan fingerprint density at radius 2 is 2.19 bits per heavy atom. The van der Waals surface area contributed by atoms with Crippen molar-refractivity contribution in [1.82, 2.24) is 5.32 Å². The zero-order valence-corrected chi connectivity index (χ0v) is 12.4. The minimum Gasteiger partial charge on any atom is -0.466 e. The molecule has 0 saturated carbocycles. The molecule has 0 spiro atoms. The molecule has 0 bridgehead atoms. The predicted octanol–water partition coefficient (Wildman–Crippen LogP) is 2.32. The van der Waals surface area contributed by atoms with Crippen molar-refractivity contribution < 1.29 is 14.3 Å². The molecule has 2 rings (SSSR count). The van der Waals surface area contributed by atoms with E-state index in [2.05, 4.69) is 10.1 Å². The van der Waals surface area contributed by atoms with Crippen LogP contribution in [0.5, 0.6) is 0 Å². The number of esters is 1. The van der Waals surface area contributed by atoms with Gasteiger partial charge in [0.25, 0.3) is 0 Å². The molecule has 1 unspecified atom stereocenters. The fourth-order valence-corrected chi connectivity index (χ4v) is 2.19. The van der Waals surface area contributed by atoms with E-state index in [1.807, 2.05) is 18.2 Å². The van der Waals surface area contributed by atoms with Gasteiger partial charge in [-0.25, -0.2) is 4.79 Å². The maximum atomic E-state index is 11.3. The number of fused-ring (bicyclic) bond motifs is 1. The molecule has 0 fully saturated rings. The van der Waals surface area contributed by atoms with Crippen LogP contribution in [-0.4, -0.2) is 25.2 Å². The monoisotopic (exact) mass is 306 g/mol. The minimum absolute atomic E-state index is 0.174. The standard InChI is InChI=1S/C15H15ClN2O3/c1-10(19)17-14-6-4-11-3-5-12(16)9-13(11)18(14)8-7-15(20)21-2/h3-9,14H,1-2H3,(H,17,19)/b8-7+. The number of hydrogen-bond donors (Lipinski definition) is 1. The van der Waals surface area contributed by atoms with Gasteiger partial charge in [0.2, 0.25) is 5.91 Å². The van der Waals surface area contributed by atoms with Gasteiger partial charge in [-0.15, -0.1) is 0 Å². The molecule has 1 atom stereocenters. The highest BCUT2D eigenvalue weighted by atomic mass is 35.5. The lowest BCUT2D eigenvalue weighted by Crippen LogP contribution is -2.45. The highest BCUT2D eigenvalue weighted by Crippen LogP contribution is 2.31. The number of nitrogens with one attached hydrogen (secondary N) is 1. The number of benzene rings is 1. The van der Waals surface area contributed by atoms with Gasteiger partial charge in [0.05, 0.1) is 12.8 Å². The summed E-state index contributed by atoms with van der Waals surface area (Å²) in [6, 6.07) is 5.43. The van der Waals surface area contributed by atoms with E-state index in [0.29, 0.717) is 5.02 Å². The van der Waals surface area contributed by atoms with Crippen molar-refractivity contribution in [3.63, 3.8) is 0 Å². The van der Waals surface area contributed by atoms with E-state index >= 15 is 0 Å². The Morgan fingerprint density at radius 3 is 2.86 bits per heavy atom. The summed E-state index contributed by atoms with van der Waals surface area (Å²) in [6.07, 6.45) is 6.19. The molecule has 1 aromatic rings. The molecule has 6 heteroatoms. The Morgan fingerprint density at radius 1 is 1.43 bits per heavy atom.